The van der Waals surface area contributed by atoms with Gasteiger partial charge in [0.15, 0.2) is 0 Å². The van der Waals surface area contributed by atoms with Crippen LogP contribution in [0.4, 0.5) is 15.0 Å². The van der Waals surface area contributed by atoms with E-state index in [1.807, 2.05) is 0 Å². The van der Waals surface area contributed by atoms with Crippen molar-refractivity contribution in [2.45, 2.75) is 33.0 Å². The number of nitrogens with one attached hydrogen (secondary N) is 2. The summed E-state index contributed by atoms with van der Waals surface area (Å²) in [4.78, 5) is 24.2. The van der Waals surface area contributed by atoms with Crippen molar-refractivity contribution in [3.05, 3.63) is 47.4 Å². The first-order valence-corrected chi connectivity index (χ1v) is 8.11. The van der Waals surface area contributed by atoms with Crippen LogP contribution in [0.5, 0.6) is 0 Å². The van der Waals surface area contributed by atoms with E-state index in [2.05, 4.69) is 15.7 Å². The average molecular weight is 364 g/mol. The summed E-state index contributed by atoms with van der Waals surface area (Å²) in [6, 6.07) is 5.23. The van der Waals surface area contributed by atoms with E-state index in [0.717, 1.165) is 0 Å². The molecule has 0 radical (unpaired) electrons. The molecular formula is C17H21FN4O4. The maximum Gasteiger partial charge on any atom is 0.343 e. The molecule has 9 heteroatoms. The number of rotatable bonds is 7. The molecule has 1 aromatic carbocycles. The van der Waals surface area contributed by atoms with Crippen molar-refractivity contribution in [1.82, 2.24) is 15.1 Å². The molecule has 0 aliphatic carbocycles. The summed E-state index contributed by atoms with van der Waals surface area (Å²) in [5.41, 5.74) is 0.664. The predicted molar refractivity (Wildman–Crippen MR) is 92.1 cm³/mol. The molecule has 1 aromatic heterocycles. The van der Waals surface area contributed by atoms with E-state index >= 15 is 0 Å². The van der Waals surface area contributed by atoms with Crippen LogP contribution in [-0.4, -0.2) is 39.6 Å². The molecule has 0 spiro atoms. The molecule has 8 nitrogen and oxygen atoms in total. The number of amides is 2. The van der Waals surface area contributed by atoms with Gasteiger partial charge in [-0.15, -0.1) is 0 Å². The first-order chi connectivity index (χ1) is 12.4. The monoisotopic (exact) mass is 364 g/mol. The summed E-state index contributed by atoms with van der Waals surface area (Å²) >= 11 is 0. The van der Waals surface area contributed by atoms with Crippen LogP contribution in [0.15, 0.2) is 30.5 Å². The molecule has 2 aromatic rings. The quantitative estimate of drug-likeness (QED) is 0.651. The summed E-state index contributed by atoms with van der Waals surface area (Å²) in [7, 11) is 0. The zero-order chi connectivity index (χ0) is 19.1. The zero-order valence-corrected chi connectivity index (χ0v) is 14.5. The van der Waals surface area contributed by atoms with Gasteiger partial charge in [-0.3, -0.25) is 5.32 Å². The van der Waals surface area contributed by atoms with E-state index in [-0.39, 0.29) is 31.1 Å². The molecule has 0 fully saturated rings. The van der Waals surface area contributed by atoms with Crippen molar-refractivity contribution < 1.29 is 23.8 Å². The van der Waals surface area contributed by atoms with Crippen molar-refractivity contribution >= 4 is 17.8 Å². The van der Waals surface area contributed by atoms with Crippen LogP contribution >= 0.6 is 0 Å². The van der Waals surface area contributed by atoms with Gasteiger partial charge in [-0.2, -0.15) is 5.10 Å². The summed E-state index contributed by atoms with van der Waals surface area (Å²) in [6.07, 6.45) is 0.531. The molecule has 26 heavy (non-hydrogen) atoms. The Hall–Kier alpha value is -2.94. The highest BCUT2D eigenvalue weighted by Gasteiger charge is 2.21. The van der Waals surface area contributed by atoms with Crippen molar-refractivity contribution in [3.8, 4) is 0 Å². The van der Waals surface area contributed by atoms with Crippen LogP contribution in [0.2, 0.25) is 0 Å². The zero-order valence-electron chi connectivity index (χ0n) is 14.5. The molecule has 1 atom stereocenters. The van der Waals surface area contributed by atoms with Gasteiger partial charge in [0.1, 0.15) is 17.2 Å². The van der Waals surface area contributed by atoms with E-state index in [9.17, 15) is 19.1 Å². The van der Waals surface area contributed by atoms with Gasteiger partial charge >= 0.3 is 12.0 Å². The number of hydrogen-bond acceptors (Lipinski definition) is 5. The number of urea groups is 1. The lowest BCUT2D eigenvalue weighted by atomic mass is 10.2. The molecular weight excluding hydrogens is 343 g/mol. The Morgan fingerprint density at radius 1 is 1.42 bits per heavy atom. The largest absolute Gasteiger partial charge is 0.462 e. The number of carbonyl (C=O) groups excluding carboxylic acids is 2. The SMILES string of the molecule is CCOC(=O)c1cnn(CC(C)O)c1NC(=O)NCc1cccc(F)c1. The van der Waals surface area contributed by atoms with Crippen molar-refractivity contribution in [2.75, 3.05) is 11.9 Å². The molecule has 3 N–H and O–H groups in total. The Bertz CT molecular complexity index is 776. The minimum absolute atomic E-state index is 0.0772. The van der Waals surface area contributed by atoms with Gasteiger partial charge in [-0.1, -0.05) is 12.1 Å². The van der Waals surface area contributed by atoms with Crippen LogP contribution < -0.4 is 10.6 Å². The van der Waals surface area contributed by atoms with Crippen LogP contribution in [0.3, 0.4) is 0 Å². The Labute approximate surface area is 150 Å². The second kappa shape index (κ2) is 8.95. The fourth-order valence-electron chi connectivity index (χ4n) is 2.25. The van der Waals surface area contributed by atoms with Gasteiger partial charge in [0.25, 0.3) is 0 Å². The molecule has 0 aliphatic rings. The number of aliphatic hydroxyl groups is 1. The van der Waals surface area contributed by atoms with Gasteiger partial charge in [0, 0.05) is 6.54 Å². The highest BCUT2D eigenvalue weighted by molar-refractivity contribution is 5.99. The molecule has 0 saturated heterocycles. The summed E-state index contributed by atoms with van der Waals surface area (Å²) in [5.74, 6) is -0.921. The smallest absolute Gasteiger partial charge is 0.343 e. The van der Waals surface area contributed by atoms with E-state index in [0.29, 0.717) is 5.56 Å². The van der Waals surface area contributed by atoms with Crippen LogP contribution in [0.1, 0.15) is 29.8 Å². The third-order valence-electron chi connectivity index (χ3n) is 3.35. The number of carbonyl (C=O) groups is 2. The van der Waals surface area contributed by atoms with Crippen molar-refractivity contribution in [1.29, 1.82) is 0 Å². The summed E-state index contributed by atoms with van der Waals surface area (Å²) in [5, 5.41) is 18.7. The maximum absolute atomic E-state index is 13.2. The molecule has 1 unspecified atom stereocenters. The number of hydrogen-bond donors (Lipinski definition) is 3. The lowest BCUT2D eigenvalue weighted by Crippen LogP contribution is -2.30. The third-order valence-corrected chi connectivity index (χ3v) is 3.35. The van der Waals surface area contributed by atoms with Crippen LogP contribution in [0, 0.1) is 5.82 Å². The molecule has 140 valence electrons. The summed E-state index contributed by atoms with van der Waals surface area (Å²) < 4.78 is 19.4. The number of aromatic nitrogens is 2. The molecule has 1 heterocycles. The number of esters is 1. The average Bonchev–Trinajstić information content (AvgIpc) is 2.95. The number of benzene rings is 1. The van der Waals surface area contributed by atoms with Gasteiger partial charge in [0.05, 0.1) is 25.5 Å². The van der Waals surface area contributed by atoms with E-state index in [4.69, 9.17) is 4.74 Å². The van der Waals surface area contributed by atoms with E-state index in [1.54, 1.807) is 26.0 Å². The van der Waals surface area contributed by atoms with Crippen molar-refractivity contribution in [2.24, 2.45) is 0 Å². The molecule has 0 bridgehead atoms. The van der Waals surface area contributed by atoms with Crippen molar-refractivity contribution in [3.63, 3.8) is 0 Å². The van der Waals surface area contributed by atoms with E-state index in [1.165, 1.54) is 23.0 Å². The van der Waals surface area contributed by atoms with Gasteiger partial charge in [0.2, 0.25) is 0 Å². The number of halogens is 1. The van der Waals surface area contributed by atoms with Gasteiger partial charge in [-0.25, -0.2) is 18.7 Å². The third kappa shape index (κ3) is 5.28. The van der Waals surface area contributed by atoms with Gasteiger partial charge in [-0.05, 0) is 31.5 Å². The standard InChI is InChI=1S/C17H21FN4O4/c1-3-26-16(24)14-9-20-22(10-11(2)23)15(14)21-17(25)19-8-12-5-4-6-13(18)7-12/h4-7,9,11,23H,3,8,10H2,1-2H3,(H2,19,21,25). The predicted octanol–water partition coefficient (Wildman–Crippen LogP) is 1.90. The van der Waals surface area contributed by atoms with E-state index < -0.39 is 23.9 Å². The topological polar surface area (TPSA) is 105 Å². The number of nitrogens with zero attached hydrogens (tertiary/aromatic N) is 2. The molecule has 0 aliphatic heterocycles. The second-order valence-corrected chi connectivity index (χ2v) is 5.60. The first-order valence-electron chi connectivity index (χ1n) is 8.11. The summed E-state index contributed by atoms with van der Waals surface area (Å²) in [6.45, 7) is 3.57. The number of ether oxygens (including phenoxy) is 1. The Kier molecular flexibility index (Phi) is 6.67. The lowest BCUT2D eigenvalue weighted by Gasteiger charge is -2.13. The minimum Gasteiger partial charge on any atom is -0.462 e. The lowest BCUT2D eigenvalue weighted by molar-refractivity contribution is 0.0527. The maximum atomic E-state index is 13.2. The highest BCUT2D eigenvalue weighted by atomic mass is 19.1. The van der Waals surface area contributed by atoms with Crippen LogP contribution in [0.25, 0.3) is 0 Å². The van der Waals surface area contributed by atoms with Gasteiger partial charge < -0.3 is 15.2 Å². The second-order valence-electron chi connectivity index (χ2n) is 5.60. The molecule has 2 amide bonds. The Morgan fingerprint density at radius 3 is 2.85 bits per heavy atom. The Morgan fingerprint density at radius 2 is 2.19 bits per heavy atom. The Balaban J connectivity index is 2.11. The first kappa shape index (κ1) is 19.4. The minimum atomic E-state index is -0.735. The number of aliphatic hydroxyl groups excluding tert-OH is 1. The normalized spacial score (nSPS) is 11.7. The highest BCUT2D eigenvalue weighted by Crippen LogP contribution is 2.17. The van der Waals surface area contributed by atoms with Crippen LogP contribution in [-0.2, 0) is 17.8 Å². The fourth-order valence-corrected chi connectivity index (χ4v) is 2.25. The fraction of sp³-hybridized carbons (Fsp3) is 0.353. The molecule has 0 saturated carbocycles. The number of anilines is 1. The molecule has 2 rings (SSSR count).